The van der Waals surface area contributed by atoms with Gasteiger partial charge in [0.05, 0.1) is 12.1 Å². The predicted octanol–water partition coefficient (Wildman–Crippen LogP) is 2.83. The van der Waals surface area contributed by atoms with E-state index in [0.717, 1.165) is 10.9 Å². The number of hydrogen-bond donors (Lipinski definition) is 0. The number of pyridine rings is 1. The highest BCUT2D eigenvalue weighted by Crippen LogP contribution is 2.21. The molecular weight excluding hydrogens is 254 g/mol. The molecule has 1 heterocycles. The Morgan fingerprint density at radius 3 is 2.94 bits per heavy atom. The van der Waals surface area contributed by atoms with Crippen molar-refractivity contribution in [3.8, 4) is 5.75 Å². The number of esters is 1. The van der Waals surface area contributed by atoms with Gasteiger partial charge < -0.3 is 9.47 Å². The molecule has 0 radical (unpaired) electrons. The topological polar surface area (TPSA) is 48.4 Å². The second-order valence-electron chi connectivity index (χ2n) is 3.58. The Balaban J connectivity index is 2.10. The summed E-state index contributed by atoms with van der Waals surface area (Å²) >= 11 is 5.79. The Bertz CT molecular complexity index is 571. The predicted molar refractivity (Wildman–Crippen MR) is 68.9 cm³/mol. The number of carbonyl (C=O) groups excluding carboxylic acids is 1. The van der Waals surface area contributed by atoms with Crippen LogP contribution in [0.15, 0.2) is 30.3 Å². The van der Waals surface area contributed by atoms with Crippen molar-refractivity contribution in [1.82, 2.24) is 4.98 Å². The molecule has 0 atom stereocenters. The van der Waals surface area contributed by atoms with Crippen molar-refractivity contribution in [2.24, 2.45) is 0 Å². The summed E-state index contributed by atoms with van der Waals surface area (Å²) in [6.45, 7) is 2.01. The first-order valence-electron chi connectivity index (χ1n) is 5.54. The molecule has 0 aliphatic heterocycles. The molecule has 0 spiro atoms. The first-order valence-corrected chi connectivity index (χ1v) is 5.91. The van der Waals surface area contributed by atoms with Crippen LogP contribution in [0.2, 0.25) is 5.15 Å². The molecule has 0 N–H and O–H groups in total. The zero-order valence-electron chi connectivity index (χ0n) is 9.85. The van der Waals surface area contributed by atoms with Gasteiger partial charge in [-0.3, -0.25) is 0 Å². The number of benzene rings is 1. The molecule has 0 unspecified atom stereocenters. The molecule has 0 fully saturated rings. The molecule has 0 saturated heterocycles. The van der Waals surface area contributed by atoms with Gasteiger partial charge in [-0.05, 0) is 37.3 Å². The van der Waals surface area contributed by atoms with Crippen LogP contribution in [0.4, 0.5) is 0 Å². The second kappa shape index (κ2) is 5.69. The molecule has 2 aromatic rings. The maximum atomic E-state index is 11.1. The van der Waals surface area contributed by atoms with E-state index in [1.54, 1.807) is 31.2 Å². The lowest BCUT2D eigenvalue weighted by atomic mass is 10.2. The lowest BCUT2D eigenvalue weighted by molar-refractivity contribution is -0.145. The van der Waals surface area contributed by atoms with Crippen LogP contribution in [0.25, 0.3) is 10.9 Å². The summed E-state index contributed by atoms with van der Waals surface area (Å²) in [5.74, 6) is 0.214. The molecule has 0 bridgehead atoms. The molecule has 4 nitrogen and oxygen atoms in total. The first kappa shape index (κ1) is 12.6. The number of rotatable bonds is 4. The van der Waals surface area contributed by atoms with Crippen LogP contribution in [0.1, 0.15) is 6.92 Å². The molecule has 1 aromatic heterocycles. The third-order valence-electron chi connectivity index (χ3n) is 2.29. The van der Waals surface area contributed by atoms with Gasteiger partial charge in [0.1, 0.15) is 10.9 Å². The number of aromatic nitrogens is 1. The van der Waals surface area contributed by atoms with Gasteiger partial charge in [0.15, 0.2) is 6.61 Å². The molecule has 18 heavy (non-hydrogen) atoms. The molecule has 1 aromatic carbocycles. The van der Waals surface area contributed by atoms with Crippen molar-refractivity contribution in [1.29, 1.82) is 0 Å². The zero-order valence-corrected chi connectivity index (χ0v) is 10.6. The largest absolute Gasteiger partial charge is 0.482 e. The van der Waals surface area contributed by atoms with Gasteiger partial charge in [-0.15, -0.1) is 0 Å². The van der Waals surface area contributed by atoms with Gasteiger partial charge >= 0.3 is 5.97 Å². The third kappa shape index (κ3) is 3.11. The van der Waals surface area contributed by atoms with Crippen LogP contribution in [-0.4, -0.2) is 24.2 Å². The van der Waals surface area contributed by atoms with Crippen LogP contribution in [0, 0.1) is 0 Å². The van der Waals surface area contributed by atoms with Crippen molar-refractivity contribution >= 4 is 28.5 Å². The Hall–Kier alpha value is -1.81. The Labute approximate surface area is 109 Å². The maximum Gasteiger partial charge on any atom is 0.344 e. The molecule has 0 aliphatic rings. The quantitative estimate of drug-likeness (QED) is 0.630. The normalized spacial score (nSPS) is 10.3. The first-order chi connectivity index (χ1) is 8.69. The maximum absolute atomic E-state index is 11.1. The van der Waals surface area contributed by atoms with E-state index in [1.807, 2.05) is 6.07 Å². The molecular formula is C13H12ClNO3. The molecule has 5 heteroatoms. The van der Waals surface area contributed by atoms with E-state index in [-0.39, 0.29) is 12.6 Å². The minimum atomic E-state index is -0.383. The summed E-state index contributed by atoms with van der Waals surface area (Å²) in [6, 6.07) is 8.89. The summed E-state index contributed by atoms with van der Waals surface area (Å²) < 4.78 is 10.1. The van der Waals surface area contributed by atoms with Crippen LogP contribution in [0.3, 0.4) is 0 Å². The fraction of sp³-hybridized carbons (Fsp3) is 0.231. The number of fused-ring (bicyclic) bond motifs is 1. The summed E-state index contributed by atoms with van der Waals surface area (Å²) in [6.07, 6.45) is 0. The monoisotopic (exact) mass is 265 g/mol. The van der Waals surface area contributed by atoms with Crippen molar-refractivity contribution in [2.45, 2.75) is 6.92 Å². The van der Waals surface area contributed by atoms with Crippen LogP contribution < -0.4 is 4.74 Å². The Kier molecular flexibility index (Phi) is 3.99. The second-order valence-corrected chi connectivity index (χ2v) is 3.97. The molecule has 2 rings (SSSR count). The highest BCUT2D eigenvalue weighted by atomic mass is 35.5. The number of nitrogens with zero attached hydrogens (tertiary/aromatic N) is 1. The Morgan fingerprint density at radius 2 is 2.17 bits per heavy atom. The van der Waals surface area contributed by atoms with Crippen molar-refractivity contribution in [3.05, 3.63) is 35.5 Å². The number of hydrogen-bond acceptors (Lipinski definition) is 4. The van der Waals surface area contributed by atoms with Crippen molar-refractivity contribution < 1.29 is 14.3 Å². The summed E-state index contributed by atoms with van der Waals surface area (Å²) in [4.78, 5) is 15.3. The average molecular weight is 266 g/mol. The highest BCUT2D eigenvalue weighted by Gasteiger charge is 2.04. The van der Waals surface area contributed by atoms with Crippen molar-refractivity contribution in [2.75, 3.05) is 13.2 Å². The minimum Gasteiger partial charge on any atom is -0.482 e. The van der Waals surface area contributed by atoms with E-state index in [9.17, 15) is 4.79 Å². The van der Waals surface area contributed by atoms with E-state index in [4.69, 9.17) is 21.1 Å². The molecule has 0 saturated carbocycles. The minimum absolute atomic E-state index is 0.0969. The number of halogens is 1. The van der Waals surface area contributed by atoms with E-state index in [1.165, 1.54) is 0 Å². The average Bonchev–Trinajstić information content (AvgIpc) is 2.36. The SMILES string of the molecule is CCOC(=O)COc1ccc2nc(Cl)ccc2c1. The lowest BCUT2D eigenvalue weighted by Gasteiger charge is -2.06. The zero-order chi connectivity index (χ0) is 13.0. The van der Waals surface area contributed by atoms with Gasteiger partial charge in [0.2, 0.25) is 0 Å². The number of ether oxygens (including phenoxy) is 2. The summed E-state index contributed by atoms with van der Waals surface area (Å²) in [7, 11) is 0. The lowest BCUT2D eigenvalue weighted by Crippen LogP contribution is -2.14. The summed E-state index contributed by atoms with van der Waals surface area (Å²) in [5, 5.41) is 1.35. The molecule has 0 amide bonds. The van der Waals surface area contributed by atoms with E-state index < -0.39 is 0 Å². The van der Waals surface area contributed by atoms with E-state index in [0.29, 0.717) is 17.5 Å². The van der Waals surface area contributed by atoms with Gasteiger partial charge in [-0.2, -0.15) is 0 Å². The summed E-state index contributed by atoms with van der Waals surface area (Å²) in [5.41, 5.74) is 0.783. The van der Waals surface area contributed by atoms with Gasteiger partial charge in [-0.25, -0.2) is 9.78 Å². The van der Waals surface area contributed by atoms with E-state index >= 15 is 0 Å². The van der Waals surface area contributed by atoms with Crippen LogP contribution in [-0.2, 0) is 9.53 Å². The number of carbonyl (C=O) groups is 1. The standard InChI is InChI=1S/C13H12ClNO3/c1-2-17-13(16)8-18-10-4-5-11-9(7-10)3-6-12(14)15-11/h3-7H,2,8H2,1H3. The molecule has 94 valence electrons. The van der Waals surface area contributed by atoms with Crippen LogP contribution in [0.5, 0.6) is 5.75 Å². The Morgan fingerprint density at radius 1 is 1.33 bits per heavy atom. The molecule has 0 aliphatic carbocycles. The van der Waals surface area contributed by atoms with Crippen molar-refractivity contribution in [3.63, 3.8) is 0 Å². The van der Waals surface area contributed by atoms with Gasteiger partial charge in [0, 0.05) is 5.39 Å². The fourth-order valence-corrected chi connectivity index (χ4v) is 1.67. The smallest absolute Gasteiger partial charge is 0.344 e. The fourth-order valence-electron chi connectivity index (χ4n) is 1.51. The van der Waals surface area contributed by atoms with Gasteiger partial charge in [0.25, 0.3) is 0 Å². The highest BCUT2D eigenvalue weighted by molar-refractivity contribution is 6.29. The van der Waals surface area contributed by atoms with E-state index in [2.05, 4.69) is 4.98 Å². The third-order valence-corrected chi connectivity index (χ3v) is 2.50. The van der Waals surface area contributed by atoms with Crippen LogP contribution >= 0.6 is 11.6 Å². The van der Waals surface area contributed by atoms with Gasteiger partial charge in [-0.1, -0.05) is 11.6 Å².